The number of hydrogen-bond acceptors (Lipinski definition) is 3. The largest absolute Gasteiger partial charge is 0.299 e. The lowest BCUT2D eigenvalue weighted by Gasteiger charge is -2.32. The molecule has 0 saturated carbocycles. The molecule has 1 saturated heterocycles. The number of rotatable bonds is 5. The van der Waals surface area contributed by atoms with Gasteiger partial charge in [-0.3, -0.25) is 4.90 Å². The third kappa shape index (κ3) is 4.20. The summed E-state index contributed by atoms with van der Waals surface area (Å²) in [7, 11) is -3.81. The van der Waals surface area contributed by atoms with Crippen LogP contribution in [0, 0.1) is 5.82 Å². The van der Waals surface area contributed by atoms with E-state index in [0.717, 1.165) is 38.5 Å². The van der Waals surface area contributed by atoms with Gasteiger partial charge in [0.2, 0.25) is 10.0 Å². The Kier molecular flexibility index (Phi) is 5.28. The Morgan fingerprint density at radius 1 is 1.00 bits per heavy atom. The van der Waals surface area contributed by atoms with Crippen LogP contribution in [0.15, 0.2) is 59.5 Å². The average molecular weight is 348 g/mol. The number of piperidine rings is 1. The van der Waals surface area contributed by atoms with Crippen LogP contribution in [0.2, 0.25) is 0 Å². The van der Waals surface area contributed by atoms with E-state index in [1.54, 1.807) is 0 Å². The van der Waals surface area contributed by atoms with E-state index >= 15 is 0 Å². The summed E-state index contributed by atoms with van der Waals surface area (Å²) in [6.07, 6.45) is 1.45. The molecular weight excluding hydrogens is 327 g/mol. The maximum atomic E-state index is 13.7. The van der Waals surface area contributed by atoms with E-state index in [1.807, 2.05) is 18.2 Å². The van der Waals surface area contributed by atoms with Crippen LogP contribution in [0.25, 0.3) is 0 Å². The maximum Gasteiger partial charge on any atom is 0.243 e. The summed E-state index contributed by atoms with van der Waals surface area (Å²) in [5.41, 5.74) is 1.25. The number of nitrogens with one attached hydrogen (secondary N) is 1. The summed E-state index contributed by atoms with van der Waals surface area (Å²) in [5, 5.41) is 0. The van der Waals surface area contributed by atoms with E-state index in [1.165, 1.54) is 23.8 Å². The summed E-state index contributed by atoms with van der Waals surface area (Å²) in [5.74, 6) is -0.716. The number of halogens is 1. The first-order valence-corrected chi connectivity index (χ1v) is 9.56. The molecule has 0 bridgehead atoms. The first-order chi connectivity index (χ1) is 11.5. The van der Waals surface area contributed by atoms with E-state index in [4.69, 9.17) is 0 Å². The average Bonchev–Trinajstić information content (AvgIpc) is 2.58. The third-order valence-electron chi connectivity index (χ3n) is 4.28. The molecule has 0 spiro atoms. The van der Waals surface area contributed by atoms with Crippen LogP contribution in [-0.4, -0.2) is 32.4 Å². The first kappa shape index (κ1) is 17.1. The molecule has 1 aliphatic heterocycles. The molecule has 3 rings (SSSR count). The van der Waals surface area contributed by atoms with Crippen LogP contribution >= 0.6 is 0 Å². The van der Waals surface area contributed by atoms with Crippen molar-refractivity contribution in [2.24, 2.45) is 0 Å². The van der Waals surface area contributed by atoms with Gasteiger partial charge in [-0.15, -0.1) is 0 Å². The van der Waals surface area contributed by atoms with Gasteiger partial charge in [0.25, 0.3) is 0 Å². The second-order valence-corrected chi connectivity index (χ2v) is 7.77. The number of sulfonamides is 1. The lowest BCUT2D eigenvalue weighted by Crippen LogP contribution is -2.44. The molecule has 24 heavy (non-hydrogen) atoms. The molecule has 0 unspecified atom stereocenters. The fourth-order valence-corrected chi connectivity index (χ4v) is 4.38. The fraction of sp³-hybridized carbons (Fsp3) is 0.333. The van der Waals surface area contributed by atoms with Crippen molar-refractivity contribution in [3.05, 3.63) is 66.0 Å². The van der Waals surface area contributed by atoms with Gasteiger partial charge in [0.05, 0.1) is 0 Å². The molecule has 4 nitrogen and oxygen atoms in total. The summed E-state index contributed by atoms with van der Waals surface area (Å²) in [6, 6.07) is 15.5. The molecule has 2 aromatic carbocycles. The second-order valence-electron chi connectivity index (χ2n) is 6.09. The van der Waals surface area contributed by atoms with E-state index in [9.17, 15) is 12.8 Å². The summed E-state index contributed by atoms with van der Waals surface area (Å²) >= 11 is 0. The van der Waals surface area contributed by atoms with E-state index < -0.39 is 15.8 Å². The van der Waals surface area contributed by atoms with Gasteiger partial charge in [-0.05, 0) is 30.5 Å². The van der Waals surface area contributed by atoms with Crippen LogP contribution in [0.5, 0.6) is 0 Å². The highest BCUT2D eigenvalue weighted by Crippen LogP contribution is 2.18. The molecular formula is C18H21FN2O2S. The van der Waals surface area contributed by atoms with Gasteiger partial charge in [-0.25, -0.2) is 17.5 Å². The Hall–Kier alpha value is -1.76. The SMILES string of the molecule is O=S(=O)(NC1CCN(Cc2ccccc2)CC1)c1ccccc1F. The zero-order chi connectivity index (χ0) is 17.0. The Morgan fingerprint density at radius 2 is 1.62 bits per heavy atom. The quantitative estimate of drug-likeness (QED) is 0.904. The monoisotopic (exact) mass is 348 g/mol. The first-order valence-electron chi connectivity index (χ1n) is 8.08. The lowest BCUT2D eigenvalue weighted by molar-refractivity contribution is 0.200. The number of benzene rings is 2. The Balaban J connectivity index is 1.56. The molecule has 128 valence electrons. The molecule has 1 aliphatic rings. The molecule has 2 aromatic rings. The molecule has 0 amide bonds. The zero-order valence-electron chi connectivity index (χ0n) is 13.4. The molecule has 1 N–H and O–H groups in total. The molecule has 0 aliphatic carbocycles. The number of hydrogen-bond donors (Lipinski definition) is 1. The van der Waals surface area contributed by atoms with Crippen molar-refractivity contribution in [1.29, 1.82) is 0 Å². The van der Waals surface area contributed by atoms with Gasteiger partial charge in [0.1, 0.15) is 10.7 Å². The van der Waals surface area contributed by atoms with Crippen molar-refractivity contribution >= 4 is 10.0 Å². The van der Waals surface area contributed by atoms with Crippen molar-refractivity contribution in [2.75, 3.05) is 13.1 Å². The van der Waals surface area contributed by atoms with Gasteiger partial charge in [0.15, 0.2) is 0 Å². The van der Waals surface area contributed by atoms with Crippen molar-refractivity contribution in [3.8, 4) is 0 Å². The van der Waals surface area contributed by atoms with Gasteiger partial charge in [-0.1, -0.05) is 42.5 Å². The minimum absolute atomic E-state index is 0.151. The van der Waals surface area contributed by atoms with Gasteiger partial charge in [0, 0.05) is 25.7 Å². The van der Waals surface area contributed by atoms with Crippen molar-refractivity contribution in [1.82, 2.24) is 9.62 Å². The van der Waals surface area contributed by atoms with Crippen molar-refractivity contribution in [3.63, 3.8) is 0 Å². The topological polar surface area (TPSA) is 49.4 Å². The molecule has 0 atom stereocenters. The van der Waals surface area contributed by atoms with Gasteiger partial charge >= 0.3 is 0 Å². The normalized spacial score (nSPS) is 17.0. The van der Waals surface area contributed by atoms with Crippen molar-refractivity contribution in [2.45, 2.75) is 30.3 Å². The number of likely N-dealkylation sites (tertiary alicyclic amines) is 1. The Morgan fingerprint density at radius 3 is 2.29 bits per heavy atom. The zero-order valence-corrected chi connectivity index (χ0v) is 14.2. The lowest BCUT2D eigenvalue weighted by atomic mass is 10.1. The highest BCUT2D eigenvalue weighted by atomic mass is 32.2. The Bertz CT molecular complexity index is 773. The minimum Gasteiger partial charge on any atom is -0.299 e. The summed E-state index contributed by atoms with van der Waals surface area (Å²) in [4.78, 5) is 2.03. The molecule has 0 aromatic heterocycles. The molecule has 1 heterocycles. The molecule has 1 fully saturated rings. The molecule has 0 radical (unpaired) electrons. The smallest absolute Gasteiger partial charge is 0.243 e. The standard InChI is InChI=1S/C18H21FN2O2S/c19-17-8-4-5-9-18(17)24(22,23)20-16-10-12-21(13-11-16)14-15-6-2-1-3-7-15/h1-9,16,20H,10-14H2. The fourth-order valence-electron chi connectivity index (χ4n) is 3.00. The second kappa shape index (κ2) is 7.42. The van der Waals surface area contributed by atoms with E-state index in [2.05, 4.69) is 21.8 Å². The predicted molar refractivity (Wildman–Crippen MR) is 91.5 cm³/mol. The summed E-state index contributed by atoms with van der Waals surface area (Å²) < 4.78 is 41.0. The van der Waals surface area contributed by atoms with Gasteiger partial charge < -0.3 is 0 Å². The summed E-state index contributed by atoms with van der Waals surface area (Å²) in [6.45, 7) is 2.51. The van der Waals surface area contributed by atoms with Crippen molar-refractivity contribution < 1.29 is 12.8 Å². The minimum atomic E-state index is -3.81. The predicted octanol–water partition coefficient (Wildman–Crippen LogP) is 2.77. The molecule has 6 heteroatoms. The third-order valence-corrected chi connectivity index (χ3v) is 5.84. The highest BCUT2D eigenvalue weighted by Gasteiger charge is 2.26. The van der Waals surface area contributed by atoms with Crippen LogP contribution in [-0.2, 0) is 16.6 Å². The van der Waals surface area contributed by atoms with E-state index in [0.29, 0.717) is 0 Å². The highest BCUT2D eigenvalue weighted by molar-refractivity contribution is 7.89. The maximum absolute atomic E-state index is 13.7. The van der Waals surface area contributed by atoms with Crippen LogP contribution in [0.4, 0.5) is 4.39 Å². The van der Waals surface area contributed by atoms with Gasteiger partial charge in [-0.2, -0.15) is 0 Å². The van der Waals surface area contributed by atoms with Crippen LogP contribution in [0.3, 0.4) is 0 Å². The van der Waals surface area contributed by atoms with Crippen LogP contribution in [0.1, 0.15) is 18.4 Å². The van der Waals surface area contributed by atoms with Crippen LogP contribution < -0.4 is 4.72 Å². The van der Waals surface area contributed by atoms with E-state index in [-0.39, 0.29) is 10.9 Å². The number of nitrogens with zero attached hydrogens (tertiary/aromatic N) is 1. The Labute approximate surface area is 142 Å².